The summed E-state index contributed by atoms with van der Waals surface area (Å²) in [6.45, 7) is 2.28. The van der Waals surface area contributed by atoms with Crippen molar-refractivity contribution in [3.8, 4) is 0 Å². The van der Waals surface area contributed by atoms with Gasteiger partial charge in [0.15, 0.2) is 0 Å². The van der Waals surface area contributed by atoms with E-state index in [0.717, 1.165) is 38.8 Å². The van der Waals surface area contributed by atoms with Crippen LogP contribution >= 0.6 is 0 Å². The highest BCUT2D eigenvalue weighted by molar-refractivity contribution is 5.92. The lowest BCUT2D eigenvalue weighted by Crippen LogP contribution is -2.58. The van der Waals surface area contributed by atoms with Crippen LogP contribution in [0.2, 0.25) is 0 Å². The number of amides is 1. The molecular weight excluding hydrogens is 242 g/mol. The van der Waals surface area contributed by atoms with Crippen molar-refractivity contribution >= 4 is 5.91 Å². The highest BCUT2D eigenvalue weighted by Gasteiger charge is 2.43. The van der Waals surface area contributed by atoms with Crippen molar-refractivity contribution in [1.82, 2.24) is 14.9 Å². The summed E-state index contributed by atoms with van der Waals surface area (Å²) in [7, 11) is 0. The van der Waals surface area contributed by atoms with Crippen LogP contribution in [0.25, 0.3) is 0 Å². The molecule has 0 radical (unpaired) electrons. The molecular formula is C14H19N3O2. The van der Waals surface area contributed by atoms with E-state index in [1.165, 1.54) is 6.42 Å². The van der Waals surface area contributed by atoms with Crippen molar-refractivity contribution in [3.63, 3.8) is 0 Å². The molecule has 102 valence electrons. The van der Waals surface area contributed by atoms with Gasteiger partial charge in [0.2, 0.25) is 0 Å². The number of piperidine rings is 1. The molecule has 19 heavy (non-hydrogen) atoms. The molecule has 5 nitrogen and oxygen atoms in total. The maximum atomic E-state index is 12.6. The first-order chi connectivity index (χ1) is 9.32. The molecule has 0 bridgehead atoms. The second-order valence-electron chi connectivity index (χ2n) is 5.39. The Morgan fingerprint density at radius 2 is 2.16 bits per heavy atom. The summed E-state index contributed by atoms with van der Waals surface area (Å²) in [4.78, 5) is 22.8. The van der Waals surface area contributed by atoms with E-state index in [-0.39, 0.29) is 11.4 Å². The number of aromatic nitrogens is 2. The van der Waals surface area contributed by atoms with Crippen LogP contribution in [0.15, 0.2) is 18.6 Å². The molecule has 0 aromatic carbocycles. The molecule has 2 aliphatic rings. The lowest BCUT2D eigenvalue weighted by atomic mass is 9.82. The number of carbonyl (C=O) groups excluding carboxylic acids is 1. The number of nitrogens with zero attached hydrogens (tertiary/aromatic N) is 3. The van der Waals surface area contributed by atoms with Gasteiger partial charge in [-0.05, 0) is 32.1 Å². The van der Waals surface area contributed by atoms with Crippen LogP contribution < -0.4 is 0 Å². The molecule has 1 aromatic rings. The van der Waals surface area contributed by atoms with Crippen molar-refractivity contribution in [2.75, 3.05) is 19.8 Å². The second kappa shape index (κ2) is 5.25. The SMILES string of the molecule is O=C(c1cnccn1)N1CCCCC12CCCOC2. The summed E-state index contributed by atoms with van der Waals surface area (Å²) in [5, 5.41) is 0. The quantitative estimate of drug-likeness (QED) is 0.771. The fourth-order valence-corrected chi connectivity index (χ4v) is 3.21. The lowest BCUT2D eigenvalue weighted by molar-refractivity contribution is -0.0550. The van der Waals surface area contributed by atoms with Gasteiger partial charge in [-0.25, -0.2) is 4.98 Å². The number of hydrogen-bond donors (Lipinski definition) is 0. The first kappa shape index (κ1) is 12.5. The van der Waals surface area contributed by atoms with E-state index in [9.17, 15) is 4.79 Å². The van der Waals surface area contributed by atoms with Gasteiger partial charge in [-0.3, -0.25) is 9.78 Å². The largest absolute Gasteiger partial charge is 0.379 e. The average Bonchev–Trinajstić information content (AvgIpc) is 2.49. The van der Waals surface area contributed by atoms with Gasteiger partial charge in [-0.15, -0.1) is 0 Å². The Morgan fingerprint density at radius 3 is 2.89 bits per heavy atom. The van der Waals surface area contributed by atoms with E-state index < -0.39 is 0 Å². The highest BCUT2D eigenvalue weighted by Crippen LogP contribution is 2.35. The van der Waals surface area contributed by atoms with Crippen LogP contribution in [-0.2, 0) is 4.74 Å². The van der Waals surface area contributed by atoms with Crippen molar-refractivity contribution < 1.29 is 9.53 Å². The number of carbonyl (C=O) groups is 1. The standard InChI is InChI=1S/C14H19N3O2/c18-13(12-10-15-6-7-16-12)17-8-2-1-4-14(17)5-3-9-19-11-14/h6-7,10H,1-5,8-9,11H2. The molecule has 0 N–H and O–H groups in total. The third-order valence-electron chi connectivity index (χ3n) is 4.18. The Hall–Kier alpha value is -1.49. The molecule has 5 heteroatoms. The van der Waals surface area contributed by atoms with E-state index in [0.29, 0.717) is 12.3 Å². The van der Waals surface area contributed by atoms with Crippen molar-refractivity contribution in [2.45, 2.75) is 37.6 Å². The van der Waals surface area contributed by atoms with Crippen LogP contribution in [0.4, 0.5) is 0 Å². The van der Waals surface area contributed by atoms with Gasteiger partial charge >= 0.3 is 0 Å². The molecule has 3 heterocycles. The van der Waals surface area contributed by atoms with Crippen LogP contribution in [0.5, 0.6) is 0 Å². The highest BCUT2D eigenvalue weighted by atomic mass is 16.5. The van der Waals surface area contributed by atoms with Crippen molar-refractivity contribution in [1.29, 1.82) is 0 Å². The molecule has 1 aromatic heterocycles. The first-order valence-electron chi connectivity index (χ1n) is 6.98. The lowest BCUT2D eigenvalue weighted by Gasteiger charge is -2.49. The van der Waals surface area contributed by atoms with Gasteiger partial charge in [-0.2, -0.15) is 0 Å². The van der Waals surface area contributed by atoms with Gasteiger partial charge in [0.05, 0.1) is 18.3 Å². The minimum Gasteiger partial charge on any atom is -0.379 e. The Morgan fingerprint density at radius 1 is 1.26 bits per heavy atom. The van der Waals surface area contributed by atoms with Crippen LogP contribution in [-0.4, -0.2) is 46.1 Å². The number of hydrogen-bond acceptors (Lipinski definition) is 4. The minimum absolute atomic E-state index is 0.00157. The summed E-state index contributed by atoms with van der Waals surface area (Å²) >= 11 is 0. The van der Waals surface area contributed by atoms with Crippen LogP contribution in [0.1, 0.15) is 42.6 Å². The van der Waals surface area contributed by atoms with Crippen molar-refractivity contribution in [3.05, 3.63) is 24.3 Å². The summed E-state index contributed by atoms with van der Waals surface area (Å²) in [6.07, 6.45) is 10.1. The minimum atomic E-state index is -0.106. The third-order valence-corrected chi connectivity index (χ3v) is 4.18. The molecule has 1 unspecified atom stereocenters. The van der Waals surface area contributed by atoms with E-state index in [1.807, 2.05) is 4.90 Å². The molecule has 2 fully saturated rings. The second-order valence-corrected chi connectivity index (χ2v) is 5.39. The zero-order chi connectivity index (χ0) is 13.1. The van der Waals surface area contributed by atoms with E-state index >= 15 is 0 Å². The Kier molecular flexibility index (Phi) is 3.46. The smallest absolute Gasteiger partial charge is 0.274 e. The summed E-state index contributed by atoms with van der Waals surface area (Å²) in [5.74, 6) is -0.00157. The Bertz CT molecular complexity index is 435. The third kappa shape index (κ3) is 2.34. The normalized spacial score (nSPS) is 27.5. The predicted octanol–water partition coefficient (Wildman–Crippen LogP) is 1.65. The van der Waals surface area contributed by atoms with E-state index in [2.05, 4.69) is 9.97 Å². The molecule has 1 amide bonds. The average molecular weight is 261 g/mol. The molecule has 1 spiro atoms. The fraction of sp³-hybridized carbons (Fsp3) is 0.643. The van der Waals surface area contributed by atoms with Gasteiger partial charge in [0, 0.05) is 25.5 Å². The molecule has 3 rings (SSSR count). The monoisotopic (exact) mass is 261 g/mol. The zero-order valence-corrected chi connectivity index (χ0v) is 11.0. The number of rotatable bonds is 1. The van der Waals surface area contributed by atoms with Crippen LogP contribution in [0, 0.1) is 0 Å². The maximum absolute atomic E-state index is 12.6. The molecule has 0 aliphatic carbocycles. The summed E-state index contributed by atoms with van der Waals surface area (Å²) in [6, 6.07) is 0. The molecule has 2 aliphatic heterocycles. The Labute approximate surface area is 113 Å². The van der Waals surface area contributed by atoms with E-state index in [4.69, 9.17) is 4.74 Å². The van der Waals surface area contributed by atoms with Crippen molar-refractivity contribution in [2.24, 2.45) is 0 Å². The first-order valence-corrected chi connectivity index (χ1v) is 6.98. The number of likely N-dealkylation sites (tertiary alicyclic amines) is 1. The summed E-state index contributed by atoms with van der Waals surface area (Å²) < 4.78 is 5.65. The topological polar surface area (TPSA) is 55.3 Å². The molecule has 2 saturated heterocycles. The summed E-state index contributed by atoms with van der Waals surface area (Å²) in [5.41, 5.74) is 0.333. The van der Waals surface area contributed by atoms with Gasteiger partial charge in [-0.1, -0.05) is 0 Å². The fourth-order valence-electron chi connectivity index (χ4n) is 3.21. The molecule has 0 saturated carbocycles. The zero-order valence-electron chi connectivity index (χ0n) is 11.0. The van der Waals surface area contributed by atoms with E-state index in [1.54, 1.807) is 18.6 Å². The van der Waals surface area contributed by atoms with Gasteiger partial charge in [0.1, 0.15) is 5.69 Å². The van der Waals surface area contributed by atoms with Gasteiger partial charge < -0.3 is 9.64 Å². The predicted molar refractivity (Wildman–Crippen MR) is 69.7 cm³/mol. The molecule has 1 atom stereocenters. The number of ether oxygens (including phenoxy) is 1. The maximum Gasteiger partial charge on any atom is 0.274 e. The Balaban J connectivity index is 1.86. The van der Waals surface area contributed by atoms with Gasteiger partial charge in [0.25, 0.3) is 5.91 Å². The van der Waals surface area contributed by atoms with Crippen LogP contribution in [0.3, 0.4) is 0 Å².